The first kappa shape index (κ1) is 12.8. The van der Waals surface area contributed by atoms with E-state index in [1.54, 1.807) is 0 Å². The number of likely N-dealkylation sites (tertiary alicyclic amines) is 1. The van der Waals surface area contributed by atoms with Gasteiger partial charge < -0.3 is 15.1 Å². The number of rotatable bonds is 2. The summed E-state index contributed by atoms with van der Waals surface area (Å²) in [7, 11) is 0. The molecule has 0 aromatic heterocycles. The van der Waals surface area contributed by atoms with Gasteiger partial charge >= 0.3 is 6.03 Å². The summed E-state index contributed by atoms with van der Waals surface area (Å²) in [5.74, 6) is 0. The number of benzene rings is 1. The third kappa shape index (κ3) is 2.86. The van der Waals surface area contributed by atoms with Crippen molar-refractivity contribution >= 4 is 27.6 Å². The lowest BCUT2D eigenvalue weighted by molar-refractivity contribution is 0.164. The molecule has 2 heterocycles. The van der Waals surface area contributed by atoms with Crippen LogP contribution in [0.25, 0.3) is 0 Å². The average Bonchev–Trinajstić information content (AvgIpc) is 2.76. The predicted octanol–water partition coefficient (Wildman–Crippen LogP) is 2.44. The van der Waals surface area contributed by atoms with E-state index in [9.17, 15) is 4.79 Å². The molecule has 1 aromatic rings. The third-order valence-corrected chi connectivity index (χ3v) is 4.38. The summed E-state index contributed by atoms with van der Waals surface area (Å²) in [6.07, 6.45) is 2.17. The molecule has 5 heteroatoms. The molecule has 0 spiro atoms. The maximum Gasteiger partial charge on any atom is 0.317 e. The molecule has 1 atom stereocenters. The number of carbonyl (C=O) groups excluding carboxylic acids is 1. The zero-order valence-electron chi connectivity index (χ0n) is 10.8. The number of urea groups is 1. The van der Waals surface area contributed by atoms with Gasteiger partial charge in [-0.25, -0.2) is 4.79 Å². The maximum absolute atomic E-state index is 11.9. The van der Waals surface area contributed by atoms with Gasteiger partial charge in [0.25, 0.3) is 0 Å². The highest BCUT2D eigenvalue weighted by Gasteiger charge is 2.27. The van der Waals surface area contributed by atoms with E-state index in [-0.39, 0.29) is 12.1 Å². The molecule has 0 unspecified atom stereocenters. The molecule has 102 valence electrons. The monoisotopic (exact) mass is 323 g/mol. The van der Waals surface area contributed by atoms with E-state index < -0.39 is 0 Å². The molecule has 0 aliphatic carbocycles. The zero-order valence-corrected chi connectivity index (χ0v) is 12.4. The molecule has 0 saturated carbocycles. The van der Waals surface area contributed by atoms with Gasteiger partial charge in [0.2, 0.25) is 0 Å². The Labute approximate surface area is 121 Å². The van der Waals surface area contributed by atoms with Gasteiger partial charge in [0.05, 0.1) is 0 Å². The number of carbonyl (C=O) groups is 1. The Hall–Kier alpha value is -1.23. The van der Waals surface area contributed by atoms with Gasteiger partial charge in [-0.05, 0) is 37.1 Å². The molecular formula is C14H18BrN3O. The SMILES string of the molecule is O=C(N[C@H]1CCN(c2ccc(Br)cc2)C1)N1CCC1. The van der Waals surface area contributed by atoms with Crippen molar-refractivity contribution in [2.45, 2.75) is 18.9 Å². The van der Waals surface area contributed by atoms with E-state index in [0.29, 0.717) is 0 Å². The first-order valence-corrected chi connectivity index (χ1v) is 7.57. The summed E-state index contributed by atoms with van der Waals surface area (Å²) in [6, 6.07) is 8.72. The second-order valence-electron chi connectivity index (χ2n) is 5.20. The molecule has 2 aliphatic rings. The van der Waals surface area contributed by atoms with Crippen LogP contribution in [0.1, 0.15) is 12.8 Å². The van der Waals surface area contributed by atoms with Gasteiger partial charge in [0.15, 0.2) is 0 Å². The van der Waals surface area contributed by atoms with Crippen LogP contribution >= 0.6 is 15.9 Å². The summed E-state index contributed by atoms with van der Waals surface area (Å²) in [5.41, 5.74) is 1.23. The molecular weight excluding hydrogens is 306 g/mol. The van der Waals surface area contributed by atoms with Gasteiger partial charge in [0, 0.05) is 42.4 Å². The second-order valence-corrected chi connectivity index (χ2v) is 6.11. The fraction of sp³-hybridized carbons (Fsp3) is 0.500. The molecule has 2 aliphatic heterocycles. The van der Waals surface area contributed by atoms with Gasteiger partial charge in [-0.15, -0.1) is 0 Å². The lowest BCUT2D eigenvalue weighted by Crippen LogP contribution is -2.51. The zero-order chi connectivity index (χ0) is 13.2. The Bertz CT molecular complexity index is 458. The molecule has 1 N–H and O–H groups in total. The van der Waals surface area contributed by atoms with Crippen LogP contribution in [0.5, 0.6) is 0 Å². The minimum absolute atomic E-state index is 0.105. The summed E-state index contributed by atoms with van der Waals surface area (Å²) in [5, 5.41) is 3.13. The molecule has 3 rings (SSSR count). The Morgan fingerprint density at radius 2 is 1.95 bits per heavy atom. The summed E-state index contributed by atoms with van der Waals surface area (Å²) in [4.78, 5) is 16.1. The molecule has 0 radical (unpaired) electrons. The first-order valence-electron chi connectivity index (χ1n) is 6.78. The van der Waals surface area contributed by atoms with Crippen molar-refractivity contribution in [2.24, 2.45) is 0 Å². The van der Waals surface area contributed by atoms with Crippen LogP contribution in [0.2, 0.25) is 0 Å². The molecule has 2 fully saturated rings. The van der Waals surface area contributed by atoms with Gasteiger partial charge in [-0.1, -0.05) is 15.9 Å². The number of nitrogens with zero attached hydrogens (tertiary/aromatic N) is 2. The van der Waals surface area contributed by atoms with Crippen molar-refractivity contribution in [3.63, 3.8) is 0 Å². The van der Waals surface area contributed by atoms with Crippen molar-refractivity contribution in [2.75, 3.05) is 31.1 Å². The van der Waals surface area contributed by atoms with Crippen LogP contribution < -0.4 is 10.2 Å². The third-order valence-electron chi connectivity index (χ3n) is 3.85. The minimum atomic E-state index is 0.105. The Morgan fingerprint density at radius 1 is 1.21 bits per heavy atom. The Morgan fingerprint density at radius 3 is 2.58 bits per heavy atom. The smallest absolute Gasteiger partial charge is 0.317 e. The maximum atomic E-state index is 11.9. The van der Waals surface area contributed by atoms with Crippen LogP contribution in [0.4, 0.5) is 10.5 Å². The van der Waals surface area contributed by atoms with Crippen molar-refractivity contribution < 1.29 is 4.79 Å². The number of amides is 2. The highest BCUT2D eigenvalue weighted by molar-refractivity contribution is 9.10. The number of nitrogens with one attached hydrogen (secondary N) is 1. The van der Waals surface area contributed by atoms with E-state index in [2.05, 4.69) is 50.4 Å². The molecule has 2 saturated heterocycles. The van der Waals surface area contributed by atoms with Crippen LogP contribution in [-0.4, -0.2) is 43.2 Å². The van der Waals surface area contributed by atoms with Crippen LogP contribution in [0.15, 0.2) is 28.7 Å². The van der Waals surface area contributed by atoms with E-state index in [0.717, 1.165) is 43.5 Å². The van der Waals surface area contributed by atoms with Crippen LogP contribution in [0, 0.1) is 0 Å². The lowest BCUT2D eigenvalue weighted by Gasteiger charge is -2.32. The first-order chi connectivity index (χ1) is 9.22. The Kier molecular flexibility index (Phi) is 3.64. The van der Waals surface area contributed by atoms with E-state index in [1.807, 2.05) is 4.90 Å². The quantitative estimate of drug-likeness (QED) is 0.907. The Balaban J connectivity index is 1.54. The topological polar surface area (TPSA) is 35.6 Å². The normalized spacial score (nSPS) is 22.3. The largest absolute Gasteiger partial charge is 0.369 e. The van der Waals surface area contributed by atoms with Gasteiger partial charge in [0.1, 0.15) is 0 Å². The summed E-state index contributed by atoms with van der Waals surface area (Å²) < 4.78 is 1.10. The van der Waals surface area contributed by atoms with E-state index >= 15 is 0 Å². The number of hydrogen-bond donors (Lipinski definition) is 1. The van der Waals surface area contributed by atoms with E-state index in [1.165, 1.54) is 5.69 Å². The van der Waals surface area contributed by atoms with Crippen molar-refractivity contribution in [3.8, 4) is 0 Å². The van der Waals surface area contributed by atoms with E-state index in [4.69, 9.17) is 0 Å². The fourth-order valence-corrected chi connectivity index (χ4v) is 2.81. The van der Waals surface area contributed by atoms with Crippen molar-refractivity contribution in [1.29, 1.82) is 0 Å². The summed E-state index contributed by atoms with van der Waals surface area (Å²) >= 11 is 3.45. The average molecular weight is 324 g/mol. The number of halogens is 1. The molecule has 0 bridgehead atoms. The molecule has 19 heavy (non-hydrogen) atoms. The lowest BCUT2D eigenvalue weighted by atomic mass is 10.2. The standard InChI is InChI=1S/C14H18BrN3O/c15-11-2-4-13(5-3-11)18-9-6-12(10-18)16-14(19)17-7-1-8-17/h2-5,12H,1,6-10H2,(H,16,19)/t12-/m0/s1. The number of hydrogen-bond acceptors (Lipinski definition) is 2. The van der Waals surface area contributed by atoms with Gasteiger partial charge in [-0.2, -0.15) is 0 Å². The summed E-state index contributed by atoms with van der Waals surface area (Å²) in [6.45, 7) is 3.73. The predicted molar refractivity (Wildman–Crippen MR) is 79.5 cm³/mol. The van der Waals surface area contributed by atoms with Crippen molar-refractivity contribution in [3.05, 3.63) is 28.7 Å². The fourth-order valence-electron chi connectivity index (χ4n) is 2.55. The van der Waals surface area contributed by atoms with Crippen LogP contribution in [0.3, 0.4) is 0 Å². The molecule has 4 nitrogen and oxygen atoms in total. The van der Waals surface area contributed by atoms with Gasteiger partial charge in [-0.3, -0.25) is 0 Å². The van der Waals surface area contributed by atoms with Crippen LogP contribution in [-0.2, 0) is 0 Å². The second kappa shape index (κ2) is 5.41. The highest BCUT2D eigenvalue weighted by atomic mass is 79.9. The number of anilines is 1. The molecule has 1 aromatic carbocycles. The molecule has 2 amide bonds. The van der Waals surface area contributed by atoms with Crippen molar-refractivity contribution in [1.82, 2.24) is 10.2 Å². The minimum Gasteiger partial charge on any atom is -0.369 e. The highest BCUT2D eigenvalue weighted by Crippen LogP contribution is 2.22.